The van der Waals surface area contributed by atoms with Gasteiger partial charge in [0.1, 0.15) is 0 Å². The van der Waals surface area contributed by atoms with Crippen LogP contribution in [0.2, 0.25) is 0 Å². The van der Waals surface area contributed by atoms with E-state index < -0.39 is 0 Å². The van der Waals surface area contributed by atoms with E-state index in [0.29, 0.717) is 6.04 Å². The second-order valence-corrected chi connectivity index (χ2v) is 6.19. The van der Waals surface area contributed by atoms with E-state index in [1.807, 2.05) is 0 Å². The largest absolute Gasteiger partial charge is 0.327 e. The molecule has 0 radical (unpaired) electrons. The fourth-order valence-corrected chi connectivity index (χ4v) is 3.48. The van der Waals surface area contributed by atoms with Gasteiger partial charge in [-0.2, -0.15) is 5.10 Å². The summed E-state index contributed by atoms with van der Waals surface area (Å²) in [7, 11) is 0. The molecular weight excluding hydrogens is 246 g/mol. The van der Waals surface area contributed by atoms with Gasteiger partial charge in [0.05, 0.1) is 11.7 Å². The Morgan fingerprint density at radius 2 is 1.85 bits per heavy atom. The summed E-state index contributed by atoms with van der Waals surface area (Å²) < 4.78 is 2.37. The van der Waals surface area contributed by atoms with Crippen molar-refractivity contribution < 1.29 is 0 Å². The van der Waals surface area contributed by atoms with Gasteiger partial charge in [-0.1, -0.05) is 40.0 Å². The first kappa shape index (κ1) is 15.6. The van der Waals surface area contributed by atoms with E-state index in [9.17, 15) is 0 Å². The first-order chi connectivity index (χ1) is 9.71. The van der Waals surface area contributed by atoms with Gasteiger partial charge in [0, 0.05) is 11.7 Å². The van der Waals surface area contributed by atoms with Crippen molar-refractivity contribution >= 4 is 0 Å². The summed E-state index contributed by atoms with van der Waals surface area (Å²) in [5.74, 6) is 0. The molecule has 114 valence electrons. The molecule has 1 fully saturated rings. The number of nitrogens with two attached hydrogens (primary N) is 1. The quantitative estimate of drug-likeness (QED) is 0.859. The molecule has 1 aliphatic carbocycles. The van der Waals surface area contributed by atoms with Gasteiger partial charge in [0.25, 0.3) is 0 Å². The van der Waals surface area contributed by atoms with Gasteiger partial charge in [0.15, 0.2) is 0 Å². The summed E-state index contributed by atoms with van der Waals surface area (Å²) in [6, 6.07) is 0.908. The van der Waals surface area contributed by atoms with Crippen LogP contribution in [0.5, 0.6) is 0 Å². The molecule has 20 heavy (non-hydrogen) atoms. The second-order valence-electron chi connectivity index (χ2n) is 6.19. The lowest BCUT2D eigenvalue weighted by Crippen LogP contribution is -2.23. The van der Waals surface area contributed by atoms with E-state index in [2.05, 4.69) is 25.5 Å². The highest BCUT2D eigenvalue weighted by Gasteiger charge is 2.23. The van der Waals surface area contributed by atoms with Crippen LogP contribution in [0.4, 0.5) is 0 Å². The average Bonchev–Trinajstić information content (AvgIpc) is 2.85. The van der Waals surface area contributed by atoms with Crippen LogP contribution in [0.15, 0.2) is 0 Å². The Balaban J connectivity index is 2.31. The van der Waals surface area contributed by atoms with Crippen molar-refractivity contribution in [1.29, 1.82) is 0 Å². The molecule has 1 atom stereocenters. The molecule has 0 amide bonds. The highest BCUT2D eigenvalue weighted by molar-refractivity contribution is 5.28. The molecule has 3 heteroatoms. The van der Waals surface area contributed by atoms with Crippen LogP contribution >= 0.6 is 0 Å². The summed E-state index contributed by atoms with van der Waals surface area (Å²) in [6.07, 6.45) is 10.9. The minimum atomic E-state index is 0.273. The Hall–Kier alpha value is -0.830. The highest BCUT2D eigenvalue weighted by atomic mass is 15.3. The van der Waals surface area contributed by atoms with Crippen molar-refractivity contribution in [1.82, 2.24) is 9.78 Å². The molecule has 1 aliphatic rings. The predicted octanol–water partition coefficient (Wildman–Crippen LogP) is 3.79. The van der Waals surface area contributed by atoms with Gasteiger partial charge >= 0.3 is 0 Å². The molecule has 2 N–H and O–H groups in total. The third-order valence-corrected chi connectivity index (χ3v) is 4.78. The SMILES string of the molecule is CCc1nn(C2CCCCC2)c(CC)c1CC(N)CC. The maximum Gasteiger partial charge on any atom is 0.0657 e. The van der Waals surface area contributed by atoms with Gasteiger partial charge in [-0.05, 0) is 44.1 Å². The van der Waals surface area contributed by atoms with Crippen molar-refractivity contribution in [3.05, 3.63) is 17.0 Å². The molecule has 0 spiro atoms. The van der Waals surface area contributed by atoms with Crippen LogP contribution in [0.25, 0.3) is 0 Å². The molecule has 0 bridgehead atoms. The number of aromatic nitrogens is 2. The smallest absolute Gasteiger partial charge is 0.0657 e. The molecular formula is C17H31N3. The van der Waals surface area contributed by atoms with Crippen LogP contribution in [-0.4, -0.2) is 15.8 Å². The molecule has 1 heterocycles. The fourth-order valence-electron chi connectivity index (χ4n) is 3.48. The van der Waals surface area contributed by atoms with E-state index in [4.69, 9.17) is 10.8 Å². The van der Waals surface area contributed by atoms with Crippen LogP contribution in [0.3, 0.4) is 0 Å². The Morgan fingerprint density at radius 1 is 1.15 bits per heavy atom. The van der Waals surface area contributed by atoms with Gasteiger partial charge < -0.3 is 5.73 Å². The van der Waals surface area contributed by atoms with Crippen LogP contribution in [-0.2, 0) is 19.3 Å². The van der Waals surface area contributed by atoms with Crippen molar-refractivity contribution in [2.24, 2.45) is 5.73 Å². The third-order valence-electron chi connectivity index (χ3n) is 4.78. The fraction of sp³-hybridized carbons (Fsp3) is 0.824. The maximum absolute atomic E-state index is 6.20. The number of hydrogen-bond acceptors (Lipinski definition) is 2. The summed E-state index contributed by atoms with van der Waals surface area (Å²) in [5.41, 5.74) is 10.4. The van der Waals surface area contributed by atoms with E-state index in [-0.39, 0.29) is 6.04 Å². The highest BCUT2D eigenvalue weighted by Crippen LogP contribution is 2.31. The molecule has 0 aromatic carbocycles. The van der Waals surface area contributed by atoms with Crippen molar-refractivity contribution in [3.8, 4) is 0 Å². The number of rotatable bonds is 6. The zero-order valence-corrected chi connectivity index (χ0v) is 13.5. The number of hydrogen-bond donors (Lipinski definition) is 1. The molecule has 1 saturated carbocycles. The molecule has 2 rings (SSSR count). The molecule has 1 unspecified atom stereocenters. The van der Waals surface area contributed by atoms with E-state index in [1.165, 1.54) is 49.1 Å². The number of aryl methyl sites for hydroxylation is 1. The minimum Gasteiger partial charge on any atom is -0.327 e. The zero-order valence-electron chi connectivity index (χ0n) is 13.5. The van der Waals surface area contributed by atoms with Crippen LogP contribution in [0.1, 0.15) is 82.3 Å². The minimum absolute atomic E-state index is 0.273. The lowest BCUT2D eigenvalue weighted by atomic mass is 9.94. The van der Waals surface area contributed by atoms with E-state index in [0.717, 1.165) is 25.7 Å². The van der Waals surface area contributed by atoms with E-state index in [1.54, 1.807) is 0 Å². The summed E-state index contributed by atoms with van der Waals surface area (Å²) >= 11 is 0. The molecule has 0 saturated heterocycles. The molecule has 3 nitrogen and oxygen atoms in total. The first-order valence-electron chi connectivity index (χ1n) is 8.55. The van der Waals surface area contributed by atoms with Crippen molar-refractivity contribution in [2.75, 3.05) is 0 Å². The summed E-state index contributed by atoms with van der Waals surface area (Å²) in [6.45, 7) is 6.65. The summed E-state index contributed by atoms with van der Waals surface area (Å²) in [5, 5.41) is 4.97. The van der Waals surface area contributed by atoms with Gasteiger partial charge in [-0.25, -0.2) is 0 Å². The average molecular weight is 277 g/mol. The third kappa shape index (κ3) is 3.25. The molecule has 1 aromatic heterocycles. The van der Waals surface area contributed by atoms with E-state index >= 15 is 0 Å². The van der Waals surface area contributed by atoms with Crippen LogP contribution in [0, 0.1) is 0 Å². The standard InChI is InChI=1S/C17H31N3/c1-4-13(18)12-15-16(5-2)19-20(17(15)6-3)14-10-8-7-9-11-14/h13-14H,4-12,18H2,1-3H3. The Morgan fingerprint density at radius 3 is 2.40 bits per heavy atom. The maximum atomic E-state index is 6.20. The van der Waals surface area contributed by atoms with Crippen molar-refractivity contribution in [2.45, 2.75) is 90.6 Å². The molecule has 1 aromatic rings. The second kappa shape index (κ2) is 7.26. The lowest BCUT2D eigenvalue weighted by Gasteiger charge is -2.24. The molecule has 0 aliphatic heterocycles. The zero-order chi connectivity index (χ0) is 14.5. The normalized spacial score (nSPS) is 18.4. The lowest BCUT2D eigenvalue weighted by molar-refractivity contribution is 0.321. The van der Waals surface area contributed by atoms with Crippen LogP contribution < -0.4 is 5.73 Å². The Bertz CT molecular complexity index is 416. The Labute approximate surface area is 123 Å². The number of nitrogens with zero attached hydrogens (tertiary/aromatic N) is 2. The van der Waals surface area contributed by atoms with Gasteiger partial charge in [0.2, 0.25) is 0 Å². The van der Waals surface area contributed by atoms with Gasteiger partial charge in [-0.3, -0.25) is 4.68 Å². The first-order valence-corrected chi connectivity index (χ1v) is 8.55. The Kier molecular flexibility index (Phi) is 5.64. The van der Waals surface area contributed by atoms with Crippen molar-refractivity contribution in [3.63, 3.8) is 0 Å². The predicted molar refractivity (Wildman–Crippen MR) is 85.1 cm³/mol. The topological polar surface area (TPSA) is 43.8 Å². The van der Waals surface area contributed by atoms with Gasteiger partial charge in [-0.15, -0.1) is 0 Å². The summed E-state index contributed by atoms with van der Waals surface area (Å²) in [4.78, 5) is 0. The monoisotopic (exact) mass is 277 g/mol.